The van der Waals surface area contributed by atoms with Gasteiger partial charge in [0.2, 0.25) is 5.91 Å². The van der Waals surface area contributed by atoms with Gasteiger partial charge in [0, 0.05) is 38.3 Å². The molecule has 1 heterocycles. The second kappa shape index (κ2) is 6.15. The predicted octanol–water partition coefficient (Wildman–Crippen LogP) is 0.851. The number of aryl methyl sites for hydroxylation is 1. The van der Waals surface area contributed by atoms with Gasteiger partial charge >= 0.3 is 0 Å². The molecule has 2 rings (SSSR count). The summed E-state index contributed by atoms with van der Waals surface area (Å²) in [6.07, 6.45) is 2.85. The Morgan fingerprint density at radius 2 is 2.05 bits per heavy atom. The van der Waals surface area contributed by atoms with Crippen LogP contribution in [0.1, 0.15) is 21.6 Å². The first-order valence-corrected chi connectivity index (χ1v) is 6.23. The zero-order chi connectivity index (χ0) is 13.7. The van der Waals surface area contributed by atoms with Crippen LogP contribution in [0.3, 0.4) is 0 Å². The summed E-state index contributed by atoms with van der Waals surface area (Å²) in [5.74, 6) is -0.394. The van der Waals surface area contributed by atoms with Gasteiger partial charge in [-0.05, 0) is 23.8 Å². The smallest absolute Gasteiger partial charge is 0.248 e. The molecule has 0 saturated carbocycles. The van der Waals surface area contributed by atoms with Gasteiger partial charge in [0.1, 0.15) is 0 Å². The Bertz CT molecular complexity index is 545. The minimum Gasteiger partial charge on any atom is -0.366 e. The van der Waals surface area contributed by atoms with Crippen molar-refractivity contribution in [1.29, 1.82) is 0 Å². The molecule has 0 atom stereocenters. The molecule has 0 bridgehead atoms. The first-order valence-electron chi connectivity index (χ1n) is 6.23. The number of hydrogen-bond acceptors (Lipinski definition) is 3. The summed E-state index contributed by atoms with van der Waals surface area (Å²) in [5.41, 5.74) is 7.94. The summed E-state index contributed by atoms with van der Waals surface area (Å²) in [5, 5.41) is 7.65. The number of aromatic nitrogens is 2. The number of primary amides is 1. The normalized spacial score (nSPS) is 10.6. The van der Waals surface area contributed by atoms with Crippen LogP contribution in [-0.2, 0) is 20.0 Å². The van der Waals surface area contributed by atoms with Gasteiger partial charge in [0.05, 0.1) is 5.69 Å². The van der Waals surface area contributed by atoms with Crippen molar-refractivity contribution in [3.63, 3.8) is 0 Å². The van der Waals surface area contributed by atoms with Crippen LogP contribution >= 0.6 is 0 Å². The molecular weight excluding hydrogens is 240 g/mol. The van der Waals surface area contributed by atoms with E-state index in [0.717, 1.165) is 30.8 Å². The molecule has 0 saturated heterocycles. The van der Waals surface area contributed by atoms with Crippen LogP contribution in [0.5, 0.6) is 0 Å². The van der Waals surface area contributed by atoms with E-state index in [1.807, 2.05) is 31.4 Å². The van der Waals surface area contributed by atoms with Crippen molar-refractivity contribution in [3.05, 3.63) is 53.3 Å². The van der Waals surface area contributed by atoms with E-state index < -0.39 is 5.91 Å². The summed E-state index contributed by atoms with van der Waals surface area (Å²) >= 11 is 0. The van der Waals surface area contributed by atoms with E-state index >= 15 is 0 Å². The second-order valence-corrected chi connectivity index (χ2v) is 4.47. The van der Waals surface area contributed by atoms with Crippen LogP contribution in [0.15, 0.2) is 36.5 Å². The number of hydrogen-bond donors (Lipinski definition) is 2. The van der Waals surface area contributed by atoms with Crippen LogP contribution in [-0.4, -0.2) is 22.2 Å². The Labute approximate surface area is 112 Å². The molecule has 1 amide bonds. The van der Waals surface area contributed by atoms with Crippen LogP contribution in [0.25, 0.3) is 0 Å². The van der Waals surface area contributed by atoms with Gasteiger partial charge in [-0.3, -0.25) is 9.48 Å². The number of nitrogens with two attached hydrogens (primary N) is 1. The maximum atomic E-state index is 10.9. The fourth-order valence-corrected chi connectivity index (χ4v) is 1.83. The van der Waals surface area contributed by atoms with Gasteiger partial charge < -0.3 is 11.1 Å². The van der Waals surface area contributed by atoms with Gasteiger partial charge in [-0.15, -0.1) is 0 Å². The molecule has 1 aromatic heterocycles. The summed E-state index contributed by atoms with van der Waals surface area (Å²) in [7, 11) is 1.91. The first-order chi connectivity index (χ1) is 9.15. The molecule has 0 aliphatic heterocycles. The Morgan fingerprint density at radius 1 is 1.32 bits per heavy atom. The molecule has 0 radical (unpaired) electrons. The van der Waals surface area contributed by atoms with Crippen LogP contribution < -0.4 is 11.1 Å². The molecule has 0 fully saturated rings. The molecule has 0 aliphatic carbocycles. The molecule has 5 heteroatoms. The zero-order valence-electron chi connectivity index (χ0n) is 11.0. The topological polar surface area (TPSA) is 72.9 Å². The van der Waals surface area contributed by atoms with Crippen molar-refractivity contribution >= 4 is 5.91 Å². The third kappa shape index (κ3) is 3.93. The average molecular weight is 258 g/mol. The Kier molecular flexibility index (Phi) is 4.30. The van der Waals surface area contributed by atoms with E-state index in [9.17, 15) is 4.79 Å². The maximum Gasteiger partial charge on any atom is 0.248 e. The van der Waals surface area contributed by atoms with Crippen molar-refractivity contribution in [1.82, 2.24) is 15.1 Å². The minimum absolute atomic E-state index is 0.394. The first kappa shape index (κ1) is 13.3. The molecule has 5 nitrogen and oxygen atoms in total. The van der Waals surface area contributed by atoms with Gasteiger partial charge in [-0.1, -0.05) is 12.1 Å². The lowest BCUT2D eigenvalue weighted by Gasteiger charge is -2.04. The van der Waals surface area contributed by atoms with Gasteiger partial charge in [-0.2, -0.15) is 5.10 Å². The third-order valence-electron chi connectivity index (χ3n) is 2.89. The lowest BCUT2D eigenvalue weighted by atomic mass is 10.1. The number of nitrogens with zero attached hydrogens (tertiary/aromatic N) is 2. The highest BCUT2D eigenvalue weighted by Gasteiger charge is 2.00. The quantitative estimate of drug-likeness (QED) is 0.754. The van der Waals surface area contributed by atoms with Crippen molar-refractivity contribution in [2.75, 3.05) is 6.54 Å². The van der Waals surface area contributed by atoms with Gasteiger partial charge in [-0.25, -0.2) is 0 Å². The molecule has 0 spiro atoms. The molecule has 100 valence electrons. The molecule has 0 aliphatic rings. The van der Waals surface area contributed by atoms with Gasteiger partial charge in [0.15, 0.2) is 0 Å². The number of rotatable bonds is 6. The van der Waals surface area contributed by atoms with E-state index in [1.165, 1.54) is 0 Å². The maximum absolute atomic E-state index is 10.9. The van der Waals surface area contributed by atoms with Gasteiger partial charge in [0.25, 0.3) is 0 Å². The Balaban J connectivity index is 1.75. The molecule has 0 unspecified atom stereocenters. The second-order valence-electron chi connectivity index (χ2n) is 4.47. The average Bonchev–Trinajstić information content (AvgIpc) is 2.81. The predicted molar refractivity (Wildman–Crippen MR) is 73.6 cm³/mol. The molecular formula is C14H18N4O. The minimum atomic E-state index is -0.394. The molecule has 2 aromatic rings. The number of benzene rings is 1. The number of nitrogens with one attached hydrogen (secondary N) is 1. The Hall–Kier alpha value is -2.14. The van der Waals surface area contributed by atoms with Crippen LogP contribution in [0.4, 0.5) is 0 Å². The molecule has 1 aromatic carbocycles. The Morgan fingerprint density at radius 3 is 2.63 bits per heavy atom. The number of amides is 1. The largest absolute Gasteiger partial charge is 0.366 e. The summed E-state index contributed by atoms with van der Waals surface area (Å²) in [6.45, 7) is 1.64. The van der Waals surface area contributed by atoms with E-state index in [2.05, 4.69) is 10.4 Å². The zero-order valence-corrected chi connectivity index (χ0v) is 11.0. The highest BCUT2D eigenvalue weighted by molar-refractivity contribution is 5.92. The third-order valence-corrected chi connectivity index (χ3v) is 2.89. The van der Waals surface area contributed by atoms with Crippen molar-refractivity contribution in [3.8, 4) is 0 Å². The monoisotopic (exact) mass is 258 g/mol. The number of carbonyl (C=O) groups excluding carboxylic acids is 1. The fraction of sp³-hybridized carbons (Fsp3) is 0.286. The SMILES string of the molecule is Cn1ccc(CCNCc2ccc(C(N)=O)cc2)n1. The lowest BCUT2D eigenvalue weighted by Crippen LogP contribution is -2.17. The summed E-state index contributed by atoms with van der Waals surface area (Å²) in [4.78, 5) is 10.9. The highest BCUT2D eigenvalue weighted by Crippen LogP contribution is 2.03. The summed E-state index contributed by atoms with van der Waals surface area (Å²) in [6, 6.07) is 9.33. The van der Waals surface area contributed by atoms with E-state index in [1.54, 1.807) is 16.8 Å². The fourth-order valence-electron chi connectivity index (χ4n) is 1.83. The van der Waals surface area contributed by atoms with E-state index in [-0.39, 0.29) is 0 Å². The standard InChI is InChI=1S/C14H18N4O/c1-18-9-7-13(17-18)6-8-16-10-11-2-4-12(5-3-11)14(15)19/h2-5,7,9,16H,6,8,10H2,1H3,(H2,15,19). The van der Waals surface area contributed by atoms with Crippen molar-refractivity contribution in [2.24, 2.45) is 12.8 Å². The molecule has 3 N–H and O–H groups in total. The van der Waals surface area contributed by atoms with Crippen molar-refractivity contribution in [2.45, 2.75) is 13.0 Å². The highest BCUT2D eigenvalue weighted by atomic mass is 16.1. The van der Waals surface area contributed by atoms with Crippen LogP contribution in [0, 0.1) is 0 Å². The molecule has 19 heavy (non-hydrogen) atoms. The lowest BCUT2D eigenvalue weighted by molar-refractivity contribution is 0.100. The van der Waals surface area contributed by atoms with E-state index in [0.29, 0.717) is 5.56 Å². The van der Waals surface area contributed by atoms with Crippen LogP contribution in [0.2, 0.25) is 0 Å². The number of carbonyl (C=O) groups is 1. The van der Waals surface area contributed by atoms with E-state index in [4.69, 9.17) is 5.73 Å². The summed E-state index contributed by atoms with van der Waals surface area (Å²) < 4.78 is 1.80. The van der Waals surface area contributed by atoms with Crippen molar-refractivity contribution < 1.29 is 4.79 Å².